The third kappa shape index (κ3) is 3.18. The summed E-state index contributed by atoms with van der Waals surface area (Å²) in [5.74, 6) is 0.132. The highest BCUT2D eigenvalue weighted by Gasteiger charge is 2.42. The van der Waals surface area contributed by atoms with Gasteiger partial charge < -0.3 is 15.8 Å². The van der Waals surface area contributed by atoms with Crippen LogP contribution in [0.25, 0.3) is 0 Å². The molecule has 0 aromatic carbocycles. The quantitative estimate of drug-likeness (QED) is 0.612. The maximum Gasteiger partial charge on any atom is 0.227 e. The summed E-state index contributed by atoms with van der Waals surface area (Å²) in [6.45, 7) is 4.59. The first-order valence-electron chi connectivity index (χ1n) is 5.81. The molecule has 0 aromatic heterocycles. The van der Waals surface area contributed by atoms with Crippen molar-refractivity contribution in [3.8, 4) is 0 Å². The SMILES string of the molecule is CCOCCCNC(=O)C1(CN)CCC1. The third-order valence-corrected chi connectivity index (χ3v) is 3.14. The minimum Gasteiger partial charge on any atom is -0.382 e. The monoisotopic (exact) mass is 214 g/mol. The Labute approximate surface area is 91.5 Å². The van der Waals surface area contributed by atoms with Gasteiger partial charge in [0.2, 0.25) is 5.91 Å². The van der Waals surface area contributed by atoms with E-state index in [0.29, 0.717) is 19.7 Å². The van der Waals surface area contributed by atoms with Gasteiger partial charge in [0.25, 0.3) is 0 Å². The number of hydrogen-bond donors (Lipinski definition) is 2. The summed E-state index contributed by atoms with van der Waals surface area (Å²) in [6.07, 6.45) is 3.89. The predicted octanol–water partition coefficient (Wildman–Crippen LogP) is 0.658. The largest absolute Gasteiger partial charge is 0.382 e. The molecule has 1 saturated carbocycles. The lowest BCUT2D eigenvalue weighted by atomic mass is 9.68. The summed E-state index contributed by atoms with van der Waals surface area (Å²) in [7, 11) is 0. The normalized spacial score (nSPS) is 18.3. The van der Waals surface area contributed by atoms with E-state index in [2.05, 4.69) is 5.32 Å². The van der Waals surface area contributed by atoms with E-state index in [9.17, 15) is 4.79 Å². The smallest absolute Gasteiger partial charge is 0.227 e. The molecular formula is C11H22N2O2. The van der Waals surface area contributed by atoms with Crippen molar-refractivity contribution in [1.82, 2.24) is 5.32 Å². The Hall–Kier alpha value is -0.610. The minimum absolute atomic E-state index is 0.132. The number of carbonyl (C=O) groups is 1. The Morgan fingerprint density at radius 3 is 2.73 bits per heavy atom. The van der Waals surface area contributed by atoms with E-state index in [1.54, 1.807) is 0 Å². The van der Waals surface area contributed by atoms with Crippen LogP contribution in [0, 0.1) is 5.41 Å². The minimum atomic E-state index is -0.244. The van der Waals surface area contributed by atoms with Gasteiger partial charge in [-0.05, 0) is 26.2 Å². The first-order valence-corrected chi connectivity index (χ1v) is 5.81. The van der Waals surface area contributed by atoms with Gasteiger partial charge in [0.05, 0.1) is 5.41 Å². The molecule has 1 rings (SSSR count). The van der Waals surface area contributed by atoms with Crippen LogP contribution in [0.3, 0.4) is 0 Å². The molecule has 0 spiro atoms. The molecule has 0 unspecified atom stereocenters. The molecule has 15 heavy (non-hydrogen) atoms. The predicted molar refractivity (Wildman–Crippen MR) is 59.5 cm³/mol. The Balaban J connectivity index is 2.12. The third-order valence-electron chi connectivity index (χ3n) is 3.14. The Kier molecular flexibility index (Phi) is 5.05. The van der Waals surface area contributed by atoms with E-state index in [1.165, 1.54) is 0 Å². The van der Waals surface area contributed by atoms with Crippen LogP contribution in [-0.2, 0) is 9.53 Å². The van der Waals surface area contributed by atoms with Crippen molar-refractivity contribution in [2.45, 2.75) is 32.6 Å². The summed E-state index contributed by atoms with van der Waals surface area (Å²) >= 11 is 0. The molecule has 0 heterocycles. The zero-order valence-electron chi connectivity index (χ0n) is 9.55. The van der Waals surface area contributed by atoms with E-state index < -0.39 is 0 Å². The van der Waals surface area contributed by atoms with Crippen LogP contribution in [-0.4, -0.2) is 32.2 Å². The van der Waals surface area contributed by atoms with Crippen molar-refractivity contribution < 1.29 is 9.53 Å². The van der Waals surface area contributed by atoms with Gasteiger partial charge in [0.1, 0.15) is 0 Å². The molecule has 3 N–H and O–H groups in total. The van der Waals surface area contributed by atoms with Gasteiger partial charge in [-0.2, -0.15) is 0 Å². The molecule has 0 atom stereocenters. The van der Waals surface area contributed by atoms with Crippen LogP contribution in [0.2, 0.25) is 0 Å². The number of hydrogen-bond acceptors (Lipinski definition) is 3. The second kappa shape index (κ2) is 6.08. The van der Waals surface area contributed by atoms with Gasteiger partial charge in [0, 0.05) is 26.3 Å². The Morgan fingerprint density at radius 2 is 2.27 bits per heavy atom. The van der Waals surface area contributed by atoms with Gasteiger partial charge in [-0.25, -0.2) is 0 Å². The van der Waals surface area contributed by atoms with Gasteiger partial charge in [-0.1, -0.05) is 6.42 Å². The van der Waals surface area contributed by atoms with E-state index in [1.807, 2.05) is 6.92 Å². The van der Waals surface area contributed by atoms with Crippen LogP contribution >= 0.6 is 0 Å². The molecule has 1 aliphatic rings. The summed E-state index contributed by atoms with van der Waals surface area (Å²) in [6, 6.07) is 0. The fourth-order valence-corrected chi connectivity index (χ4v) is 1.84. The van der Waals surface area contributed by atoms with E-state index in [4.69, 9.17) is 10.5 Å². The topological polar surface area (TPSA) is 64.3 Å². The second-order valence-corrected chi connectivity index (χ2v) is 4.14. The molecule has 0 bridgehead atoms. The van der Waals surface area contributed by atoms with Crippen LogP contribution in [0.15, 0.2) is 0 Å². The molecular weight excluding hydrogens is 192 g/mol. The molecule has 4 heteroatoms. The first kappa shape index (κ1) is 12.5. The van der Waals surface area contributed by atoms with Crippen LogP contribution < -0.4 is 11.1 Å². The molecule has 1 aliphatic carbocycles. The van der Waals surface area contributed by atoms with Gasteiger partial charge in [-0.15, -0.1) is 0 Å². The van der Waals surface area contributed by atoms with Gasteiger partial charge in [0.15, 0.2) is 0 Å². The lowest BCUT2D eigenvalue weighted by molar-refractivity contribution is -0.135. The highest BCUT2D eigenvalue weighted by atomic mass is 16.5. The lowest BCUT2D eigenvalue weighted by Gasteiger charge is -2.39. The lowest BCUT2D eigenvalue weighted by Crippen LogP contribution is -2.50. The fourth-order valence-electron chi connectivity index (χ4n) is 1.84. The average Bonchev–Trinajstić information content (AvgIpc) is 2.17. The van der Waals surface area contributed by atoms with Crippen LogP contribution in [0.1, 0.15) is 32.6 Å². The summed E-state index contributed by atoms with van der Waals surface area (Å²) in [5.41, 5.74) is 5.39. The molecule has 1 fully saturated rings. The number of ether oxygens (including phenoxy) is 1. The molecule has 0 radical (unpaired) electrons. The molecule has 88 valence electrons. The summed E-state index contributed by atoms with van der Waals surface area (Å²) < 4.78 is 5.19. The molecule has 4 nitrogen and oxygen atoms in total. The van der Waals surface area contributed by atoms with Crippen molar-refractivity contribution in [2.24, 2.45) is 11.1 Å². The van der Waals surface area contributed by atoms with Gasteiger partial charge >= 0.3 is 0 Å². The zero-order chi connectivity index (χ0) is 11.1. The average molecular weight is 214 g/mol. The van der Waals surface area contributed by atoms with Crippen molar-refractivity contribution in [2.75, 3.05) is 26.3 Å². The van der Waals surface area contributed by atoms with E-state index >= 15 is 0 Å². The van der Waals surface area contributed by atoms with Crippen LogP contribution in [0.5, 0.6) is 0 Å². The Bertz CT molecular complexity index is 197. The number of amides is 1. The van der Waals surface area contributed by atoms with Crippen molar-refractivity contribution in [3.05, 3.63) is 0 Å². The number of carbonyl (C=O) groups excluding carboxylic acids is 1. The van der Waals surface area contributed by atoms with Crippen molar-refractivity contribution >= 4 is 5.91 Å². The molecule has 0 aromatic rings. The van der Waals surface area contributed by atoms with Gasteiger partial charge in [-0.3, -0.25) is 4.79 Å². The summed E-state index contributed by atoms with van der Waals surface area (Å²) in [4.78, 5) is 11.8. The Morgan fingerprint density at radius 1 is 1.53 bits per heavy atom. The second-order valence-electron chi connectivity index (χ2n) is 4.14. The molecule has 1 amide bonds. The van der Waals surface area contributed by atoms with Crippen LogP contribution in [0.4, 0.5) is 0 Å². The van der Waals surface area contributed by atoms with Crippen molar-refractivity contribution in [3.63, 3.8) is 0 Å². The molecule has 0 aliphatic heterocycles. The number of nitrogens with one attached hydrogen (secondary N) is 1. The highest BCUT2D eigenvalue weighted by Crippen LogP contribution is 2.39. The fraction of sp³-hybridized carbons (Fsp3) is 0.909. The number of nitrogens with two attached hydrogens (primary N) is 1. The maximum absolute atomic E-state index is 11.8. The standard InChI is InChI=1S/C11H22N2O2/c1-2-15-8-4-7-13-10(14)11(9-12)5-3-6-11/h2-9,12H2,1H3,(H,13,14). The summed E-state index contributed by atoms with van der Waals surface area (Å²) in [5, 5.41) is 2.94. The highest BCUT2D eigenvalue weighted by molar-refractivity contribution is 5.83. The number of rotatable bonds is 7. The molecule has 0 saturated heterocycles. The van der Waals surface area contributed by atoms with Crippen molar-refractivity contribution in [1.29, 1.82) is 0 Å². The van der Waals surface area contributed by atoms with E-state index in [-0.39, 0.29) is 11.3 Å². The van der Waals surface area contributed by atoms with E-state index in [0.717, 1.165) is 32.3 Å². The first-order chi connectivity index (χ1) is 7.25. The maximum atomic E-state index is 11.8. The zero-order valence-corrected chi connectivity index (χ0v) is 9.55.